The van der Waals surface area contributed by atoms with E-state index >= 15 is 0 Å². The number of hydrogen-bond donors (Lipinski definition) is 3. The van der Waals surface area contributed by atoms with Crippen molar-refractivity contribution in [2.45, 2.75) is 31.7 Å². The SMILES string of the molecule is CCNCc1ccc2c(c1)C1(CCN(C(=O)c3ccc(O)c(O)c3)CC1)CO2. The number of ether oxygens (including phenoxy) is 1. The Morgan fingerprint density at radius 1 is 1.14 bits per heavy atom. The van der Waals surface area contributed by atoms with Crippen molar-refractivity contribution in [3.05, 3.63) is 53.1 Å². The Hall–Kier alpha value is -2.73. The quantitative estimate of drug-likeness (QED) is 0.709. The van der Waals surface area contributed by atoms with Gasteiger partial charge in [-0.15, -0.1) is 0 Å². The van der Waals surface area contributed by atoms with Crippen LogP contribution in [0.3, 0.4) is 0 Å². The Balaban J connectivity index is 1.49. The molecule has 0 unspecified atom stereocenters. The van der Waals surface area contributed by atoms with Gasteiger partial charge in [0.1, 0.15) is 5.75 Å². The van der Waals surface area contributed by atoms with Crippen LogP contribution in [0.25, 0.3) is 0 Å². The summed E-state index contributed by atoms with van der Waals surface area (Å²) in [5, 5.41) is 22.5. The number of benzene rings is 2. The van der Waals surface area contributed by atoms with Crippen LogP contribution in [0.1, 0.15) is 41.3 Å². The lowest BCUT2D eigenvalue weighted by molar-refractivity contribution is 0.0646. The zero-order valence-electron chi connectivity index (χ0n) is 16.1. The largest absolute Gasteiger partial charge is 0.504 e. The molecule has 148 valence electrons. The molecule has 28 heavy (non-hydrogen) atoms. The Labute approximate surface area is 164 Å². The van der Waals surface area contributed by atoms with Crippen LogP contribution in [-0.2, 0) is 12.0 Å². The van der Waals surface area contributed by atoms with Gasteiger partial charge in [-0.2, -0.15) is 0 Å². The molecule has 2 aliphatic heterocycles. The van der Waals surface area contributed by atoms with Gasteiger partial charge in [-0.3, -0.25) is 4.79 Å². The second-order valence-electron chi connectivity index (χ2n) is 7.68. The maximum Gasteiger partial charge on any atom is 0.253 e. The zero-order valence-corrected chi connectivity index (χ0v) is 16.1. The molecule has 2 aliphatic rings. The molecule has 4 rings (SSSR count). The maximum absolute atomic E-state index is 12.8. The topological polar surface area (TPSA) is 82.0 Å². The molecule has 1 fully saturated rings. The van der Waals surface area contributed by atoms with Crippen LogP contribution in [0, 0.1) is 0 Å². The highest BCUT2D eigenvalue weighted by atomic mass is 16.5. The van der Waals surface area contributed by atoms with Crippen molar-refractivity contribution in [2.24, 2.45) is 0 Å². The van der Waals surface area contributed by atoms with E-state index in [0.717, 1.165) is 31.7 Å². The first-order valence-corrected chi connectivity index (χ1v) is 9.80. The first kappa shape index (κ1) is 18.6. The summed E-state index contributed by atoms with van der Waals surface area (Å²) >= 11 is 0. The molecule has 0 saturated carbocycles. The van der Waals surface area contributed by atoms with E-state index in [1.54, 1.807) is 6.07 Å². The second kappa shape index (κ2) is 7.36. The molecule has 1 saturated heterocycles. The molecule has 0 radical (unpaired) electrons. The Bertz CT molecular complexity index is 888. The molecule has 0 aromatic heterocycles. The monoisotopic (exact) mass is 382 g/mol. The molecule has 2 heterocycles. The van der Waals surface area contributed by atoms with Crippen molar-refractivity contribution in [3.8, 4) is 17.2 Å². The van der Waals surface area contributed by atoms with Gasteiger partial charge in [0, 0.05) is 36.2 Å². The van der Waals surface area contributed by atoms with E-state index in [9.17, 15) is 15.0 Å². The average Bonchev–Trinajstić information content (AvgIpc) is 3.06. The minimum Gasteiger partial charge on any atom is -0.504 e. The van der Waals surface area contributed by atoms with Crippen molar-refractivity contribution >= 4 is 5.91 Å². The highest BCUT2D eigenvalue weighted by molar-refractivity contribution is 5.95. The zero-order chi connectivity index (χ0) is 19.7. The molecule has 0 atom stereocenters. The third kappa shape index (κ3) is 3.29. The number of carbonyl (C=O) groups excluding carboxylic acids is 1. The summed E-state index contributed by atoms with van der Waals surface area (Å²) < 4.78 is 5.98. The Morgan fingerprint density at radius 2 is 1.93 bits per heavy atom. The van der Waals surface area contributed by atoms with E-state index < -0.39 is 0 Å². The van der Waals surface area contributed by atoms with E-state index in [2.05, 4.69) is 30.4 Å². The fraction of sp³-hybridized carbons (Fsp3) is 0.409. The van der Waals surface area contributed by atoms with Crippen LogP contribution in [0.4, 0.5) is 0 Å². The van der Waals surface area contributed by atoms with E-state index in [0.29, 0.717) is 25.3 Å². The number of carbonyl (C=O) groups is 1. The van der Waals surface area contributed by atoms with Gasteiger partial charge in [-0.1, -0.05) is 19.1 Å². The molecular weight excluding hydrogens is 356 g/mol. The number of fused-ring (bicyclic) bond motifs is 2. The third-order valence-corrected chi connectivity index (χ3v) is 5.93. The Morgan fingerprint density at radius 3 is 2.64 bits per heavy atom. The minimum atomic E-state index is -0.273. The molecule has 2 aromatic rings. The van der Waals surface area contributed by atoms with Gasteiger partial charge in [-0.25, -0.2) is 0 Å². The summed E-state index contributed by atoms with van der Waals surface area (Å²) in [6, 6.07) is 10.6. The van der Waals surface area contributed by atoms with Gasteiger partial charge >= 0.3 is 0 Å². The molecular formula is C22H26N2O4. The molecule has 6 heteroatoms. The second-order valence-corrected chi connectivity index (χ2v) is 7.68. The van der Waals surface area contributed by atoms with Crippen LogP contribution in [0.2, 0.25) is 0 Å². The van der Waals surface area contributed by atoms with Gasteiger partial charge in [0.15, 0.2) is 11.5 Å². The van der Waals surface area contributed by atoms with Gasteiger partial charge in [0.25, 0.3) is 5.91 Å². The van der Waals surface area contributed by atoms with Crippen LogP contribution in [0.15, 0.2) is 36.4 Å². The van der Waals surface area contributed by atoms with E-state index in [-0.39, 0.29) is 22.8 Å². The molecule has 6 nitrogen and oxygen atoms in total. The normalized spacial score (nSPS) is 17.4. The van der Waals surface area contributed by atoms with E-state index in [1.807, 2.05) is 4.90 Å². The first-order chi connectivity index (χ1) is 13.5. The first-order valence-electron chi connectivity index (χ1n) is 9.80. The van der Waals surface area contributed by atoms with Crippen molar-refractivity contribution in [1.82, 2.24) is 10.2 Å². The smallest absolute Gasteiger partial charge is 0.253 e. The number of nitrogens with zero attached hydrogens (tertiary/aromatic N) is 1. The number of likely N-dealkylation sites (tertiary alicyclic amines) is 1. The number of rotatable bonds is 4. The summed E-state index contributed by atoms with van der Waals surface area (Å²) in [6.45, 7) is 5.81. The van der Waals surface area contributed by atoms with Crippen LogP contribution < -0.4 is 10.1 Å². The molecule has 0 aliphatic carbocycles. The number of aromatic hydroxyl groups is 2. The van der Waals surface area contributed by atoms with Gasteiger partial charge in [-0.05, 0) is 49.2 Å². The summed E-state index contributed by atoms with van der Waals surface area (Å²) in [5.74, 6) is 0.349. The van der Waals surface area contributed by atoms with E-state index in [4.69, 9.17) is 4.74 Å². The van der Waals surface area contributed by atoms with Crippen LogP contribution in [-0.4, -0.2) is 47.3 Å². The number of nitrogens with one attached hydrogen (secondary N) is 1. The van der Waals surface area contributed by atoms with Crippen molar-refractivity contribution in [2.75, 3.05) is 26.2 Å². The number of hydrogen-bond acceptors (Lipinski definition) is 5. The standard InChI is InChI=1S/C22H26N2O4/c1-2-23-13-15-3-6-20-17(11-15)22(14-28-20)7-9-24(10-8-22)21(27)16-4-5-18(25)19(26)12-16/h3-6,11-12,23,25-26H,2,7-10,13-14H2,1H3. The lowest BCUT2D eigenvalue weighted by Gasteiger charge is -2.38. The van der Waals surface area contributed by atoms with Crippen molar-refractivity contribution < 1.29 is 19.7 Å². The molecule has 2 aromatic carbocycles. The lowest BCUT2D eigenvalue weighted by Crippen LogP contribution is -2.46. The van der Waals surface area contributed by atoms with Gasteiger partial charge in [0.05, 0.1) is 6.61 Å². The van der Waals surface area contributed by atoms with Gasteiger partial charge < -0.3 is 25.2 Å². The minimum absolute atomic E-state index is 0.0363. The molecule has 1 spiro atoms. The van der Waals surface area contributed by atoms with Crippen molar-refractivity contribution in [1.29, 1.82) is 0 Å². The number of phenolic OH excluding ortho intramolecular Hbond substituents is 2. The lowest BCUT2D eigenvalue weighted by atomic mass is 9.74. The van der Waals surface area contributed by atoms with Crippen LogP contribution in [0.5, 0.6) is 17.2 Å². The molecule has 3 N–H and O–H groups in total. The van der Waals surface area contributed by atoms with Gasteiger partial charge in [0.2, 0.25) is 0 Å². The summed E-state index contributed by atoms with van der Waals surface area (Å²) in [6.07, 6.45) is 1.70. The molecule has 0 bridgehead atoms. The summed E-state index contributed by atoms with van der Waals surface area (Å²) in [5.41, 5.74) is 2.87. The predicted molar refractivity (Wildman–Crippen MR) is 106 cm³/mol. The average molecular weight is 382 g/mol. The van der Waals surface area contributed by atoms with Crippen LogP contribution >= 0.6 is 0 Å². The molecule has 1 amide bonds. The Kier molecular flexibility index (Phi) is 4.89. The van der Waals surface area contributed by atoms with E-state index in [1.165, 1.54) is 23.3 Å². The fourth-order valence-corrected chi connectivity index (χ4v) is 4.18. The summed E-state index contributed by atoms with van der Waals surface area (Å²) in [7, 11) is 0. The predicted octanol–water partition coefficient (Wildman–Crippen LogP) is 2.77. The number of amides is 1. The third-order valence-electron chi connectivity index (χ3n) is 5.93. The van der Waals surface area contributed by atoms with Crippen molar-refractivity contribution in [3.63, 3.8) is 0 Å². The number of phenols is 2. The number of piperidine rings is 1. The summed E-state index contributed by atoms with van der Waals surface area (Å²) in [4.78, 5) is 14.6. The maximum atomic E-state index is 12.8. The fourth-order valence-electron chi connectivity index (χ4n) is 4.18. The highest BCUT2D eigenvalue weighted by Gasteiger charge is 2.44. The highest BCUT2D eigenvalue weighted by Crippen LogP contribution is 2.46.